The standard InChI is InChI=1S/C20H19N3O7/c1-4-29-18-10-16(23(26)27)15(9-17(18)28-3)20(25)30-12(2)19(24)22-14-7-5-6-13(8-14)11-21/h5-10,12H,4H2,1-3H3,(H,22,24)/t12-/m0/s1. The minimum absolute atomic E-state index is 0.103. The Balaban J connectivity index is 2.22. The van der Waals surface area contributed by atoms with Crippen molar-refractivity contribution in [1.29, 1.82) is 5.26 Å². The van der Waals surface area contributed by atoms with Crippen LogP contribution in [0.15, 0.2) is 36.4 Å². The number of carbonyl (C=O) groups is 2. The first-order valence-electron chi connectivity index (χ1n) is 8.81. The summed E-state index contributed by atoms with van der Waals surface area (Å²) in [5.41, 5.74) is -0.241. The first kappa shape index (κ1) is 22.2. The Kier molecular flexibility index (Phi) is 7.30. The number of rotatable bonds is 8. The molecule has 0 bridgehead atoms. The number of nitriles is 1. The molecule has 0 unspecified atom stereocenters. The van der Waals surface area contributed by atoms with Crippen LogP contribution in [0.4, 0.5) is 11.4 Å². The van der Waals surface area contributed by atoms with E-state index in [4.69, 9.17) is 19.5 Å². The lowest BCUT2D eigenvalue weighted by Crippen LogP contribution is -2.30. The summed E-state index contributed by atoms with van der Waals surface area (Å²) in [5, 5.41) is 22.8. The zero-order valence-electron chi connectivity index (χ0n) is 16.5. The Morgan fingerprint density at radius 3 is 2.60 bits per heavy atom. The molecule has 0 saturated carbocycles. The highest BCUT2D eigenvalue weighted by Crippen LogP contribution is 2.35. The van der Waals surface area contributed by atoms with E-state index >= 15 is 0 Å². The van der Waals surface area contributed by atoms with Gasteiger partial charge in [-0.2, -0.15) is 5.26 Å². The van der Waals surface area contributed by atoms with Crippen LogP contribution in [0, 0.1) is 21.4 Å². The quantitative estimate of drug-likeness (QED) is 0.395. The summed E-state index contributed by atoms with van der Waals surface area (Å²) >= 11 is 0. The van der Waals surface area contributed by atoms with Crippen molar-refractivity contribution in [3.05, 3.63) is 57.6 Å². The molecule has 0 aromatic heterocycles. The smallest absolute Gasteiger partial charge is 0.346 e. The normalized spacial score (nSPS) is 11.0. The number of nitro benzene ring substituents is 1. The van der Waals surface area contributed by atoms with Crippen molar-refractivity contribution in [3.63, 3.8) is 0 Å². The molecule has 10 heteroatoms. The van der Waals surface area contributed by atoms with E-state index in [-0.39, 0.29) is 23.7 Å². The number of methoxy groups -OCH3 is 1. The molecule has 1 N–H and O–H groups in total. The molecule has 0 spiro atoms. The maximum atomic E-state index is 12.5. The number of nitro groups is 1. The molecule has 30 heavy (non-hydrogen) atoms. The van der Waals surface area contributed by atoms with E-state index in [0.717, 1.165) is 12.1 Å². The molecule has 2 rings (SSSR count). The summed E-state index contributed by atoms with van der Waals surface area (Å²) in [6.45, 7) is 3.25. The molecule has 0 aliphatic carbocycles. The molecule has 2 aromatic carbocycles. The Bertz CT molecular complexity index is 1010. The number of ether oxygens (including phenoxy) is 3. The van der Waals surface area contributed by atoms with Crippen LogP contribution < -0.4 is 14.8 Å². The SMILES string of the molecule is CCOc1cc([N+](=O)[O-])c(C(=O)O[C@@H](C)C(=O)Nc2cccc(C#N)c2)cc1OC. The van der Waals surface area contributed by atoms with Gasteiger partial charge in [0.25, 0.3) is 11.6 Å². The second-order valence-electron chi connectivity index (χ2n) is 5.94. The van der Waals surface area contributed by atoms with Gasteiger partial charge < -0.3 is 19.5 Å². The molecule has 0 aliphatic rings. The molecular weight excluding hydrogens is 394 g/mol. The fourth-order valence-corrected chi connectivity index (χ4v) is 2.48. The van der Waals surface area contributed by atoms with Gasteiger partial charge in [-0.1, -0.05) is 6.07 Å². The van der Waals surface area contributed by atoms with Crippen molar-refractivity contribution in [2.45, 2.75) is 20.0 Å². The molecule has 0 aliphatic heterocycles. The summed E-state index contributed by atoms with van der Waals surface area (Å²) < 4.78 is 15.5. The van der Waals surface area contributed by atoms with Crippen molar-refractivity contribution in [2.75, 3.05) is 19.0 Å². The molecule has 1 atom stereocenters. The van der Waals surface area contributed by atoms with Gasteiger partial charge in [0, 0.05) is 11.8 Å². The molecule has 0 saturated heterocycles. The molecule has 0 heterocycles. The lowest BCUT2D eigenvalue weighted by molar-refractivity contribution is -0.385. The molecule has 1 amide bonds. The largest absolute Gasteiger partial charge is 0.493 e. The predicted octanol–water partition coefficient (Wildman–Crippen LogP) is 3.06. The zero-order chi connectivity index (χ0) is 22.3. The second-order valence-corrected chi connectivity index (χ2v) is 5.94. The van der Waals surface area contributed by atoms with Crippen LogP contribution in [-0.2, 0) is 9.53 Å². The highest BCUT2D eigenvalue weighted by atomic mass is 16.6. The van der Waals surface area contributed by atoms with Crippen LogP contribution in [0.1, 0.15) is 29.8 Å². The fraction of sp³-hybridized carbons (Fsp3) is 0.250. The zero-order valence-corrected chi connectivity index (χ0v) is 16.5. The van der Waals surface area contributed by atoms with E-state index in [1.54, 1.807) is 25.1 Å². The van der Waals surface area contributed by atoms with Gasteiger partial charge in [0.2, 0.25) is 0 Å². The maximum Gasteiger partial charge on any atom is 0.346 e. The number of nitrogens with zero attached hydrogens (tertiary/aromatic N) is 2. The first-order valence-corrected chi connectivity index (χ1v) is 8.81. The molecular formula is C20H19N3O7. The second kappa shape index (κ2) is 9.88. The van der Waals surface area contributed by atoms with Crippen LogP contribution in [-0.4, -0.2) is 36.6 Å². The molecule has 0 radical (unpaired) electrons. The molecule has 156 valence electrons. The van der Waals surface area contributed by atoms with Crippen molar-refractivity contribution >= 4 is 23.3 Å². The number of hydrogen-bond acceptors (Lipinski definition) is 8. The van der Waals surface area contributed by atoms with Gasteiger partial charge in [0.05, 0.1) is 36.3 Å². The summed E-state index contributed by atoms with van der Waals surface area (Å²) in [6, 6.07) is 10.3. The highest BCUT2D eigenvalue weighted by Gasteiger charge is 2.28. The van der Waals surface area contributed by atoms with E-state index < -0.39 is 28.6 Å². The molecule has 2 aromatic rings. The van der Waals surface area contributed by atoms with Crippen LogP contribution in [0.5, 0.6) is 11.5 Å². The summed E-state index contributed by atoms with van der Waals surface area (Å²) in [7, 11) is 1.32. The van der Waals surface area contributed by atoms with Gasteiger partial charge in [0.15, 0.2) is 17.6 Å². The third-order valence-electron chi connectivity index (χ3n) is 3.91. The van der Waals surface area contributed by atoms with E-state index in [1.807, 2.05) is 6.07 Å². The Morgan fingerprint density at radius 1 is 1.27 bits per heavy atom. The maximum absolute atomic E-state index is 12.5. The average Bonchev–Trinajstić information content (AvgIpc) is 2.73. The highest BCUT2D eigenvalue weighted by molar-refractivity contribution is 5.99. The number of esters is 1. The van der Waals surface area contributed by atoms with E-state index in [1.165, 1.54) is 20.1 Å². The van der Waals surface area contributed by atoms with Crippen molar-refractivity contribution < 1.29 is 28.7 Å². The third kappa shape index (κ3) is 5.23. The first-order chi connectivity index (χ1) is 14.3. The van der Waals surface area contributed by atoms with Gasteiger partial charge in [-0.05, 0) is 32.0 Å². The number of carbonyl (C=O) groups excluding carboxylic acids is 2. The van der Waals surface area contributed by atoms with Crippen LogP contribution in [0.25, 0.3) is 0 Å². The topological polar surface area (TPSA) is 141 Å². The van der Waals surface area contributed by atoms with Gasteiger partial charge in [-0.3, -0.25) is 14.9 Å². The summed E-state index contributed by atoms with van der Waals surface area (Å²) in [5.74, 6) is -1.53. The third-order valence-corrected chi connectivity index (χ3v) is 3.91. The minimum Gasteiger partial charge on any atom is -0.493 e. The van der Waals surface area contributed by atoms with Gasteiger partial charge in [0.1, 0.15) is 5.56 Å². The number of amides is 1. The molecule has 10 nitrogen and oxygen atoms in total. The lowest BCUT2D eigenvalue weighted by Gasteiger charge is -2.15. The van der Waals surface area contributed by atoms with E-state index in [9.17, 15) is 19.7 Å². The van der Waals surface area contributed by atoms with E-state index in [0.29, 0.717) is 11.3 Å². The summed E-state index contributed by atoms with van der Waals surface area (Å²) in [4.78, 5) is 35.5. The van der Waals surface area contributed by atoms with Crippen LogP contribution >= 0.6 is 0 Å². The Morgan fingerprint density at radius 2 is 2.00 bits per heavy atom. The van der Waals surface area contributed by atoms with E-state index in [2.05, 4.69) is 5.32 Å². The van der Waals surface area contributed by atoms with Crippen molar-refractivity contribution in [2.24, 2.45) is 0 Å². The van der Waals surface area contributed by atoms with Crippen molar-refractivity contribution in [1.82, 2.24) is 0 Å². The van der Waals surface area contributed by atoms with Gasteiger partial charge >= 0.3 is 5.97 Å². The predicted molar refractivity (Wildman–Crippen MR) is 105 cm³/mol. The minimum atomic E-state index is -1.26. The van der Waals surface area contributed by atoms with Crippen LogP contribution in [0.3, 0.4) is 0 Å². The van der Waals surface area contributed by atoms with Gasteiger partial charge in [-0.15, -0.1) is 0 Å². The van der Waals surface area contributed by atoms with Crippen molar-refractivity contribution in [3.8, 4) is 17.6 Å². The average molecular weight is 413 g/mol. The number of nitrogens with one attached hydrogen (secondary N) is 1. The summed E-state index contributed by atoms with van der Waals surface area (Å²) in [6.07, 6.45) is -1.26. The van der Waals surface area contributed by atoms with Crippen LogP contribution in [0.2, 0.25) is 0 Å². The number of benzene rings is 2. The Hall–Kier alpha value is -4.13. The van der Waals surface area contributed by atoms with Gasteiger partial charge in [-0.25, -0.2) is 4.79 Å². The Labute approximate surface area is 172 Å². The fourth-order valence-electron chi connectivity index (χ4n) is 2.48. The lowest BCUT2D eigenvalue weighted by atomic mass is 10.1. The number of hydrogen-bond donors (Lipinski definition) is 1. The number of anilines is 1. The molecule has 0 fully saturated rings. The monoisotopic (exact) mass is 413 g/mol.